The Morgan fingerprint density at radius 3 is 2.73 bits per heavy atom. The maximum Gasteiger partial charge on any atom is 0.0553 e. The molecule has 22 heavy (non-hydrogen) atoms. The molecule has 1 heterocycles. The predicted molar refractivity (Wildman–Crippen MR) is 93.6 cm³/mol. The lowest BCUT2D eigenvalue weighted by atomic mass is 9.76. The predicted octanol–water partition coefficient (Wildman–Crippen LogP) is 5.73. The van der Waals surface area contributed by atoms with E-state index in [1.807, 2.05) is 12.1 Å². The second kappa shape index (κ2) is 5.48. The summed E-state index contributed by atoms with van der Waals surface area (Å²) in [6, 6.07) is 15.5. The lowest BCUT2D eigenvalue weighted by Gasteiger charge is -2.37. The average molecular weight is 310 g/mol. The van der Waals surface area contributed by atoms with Crippen LogP contribution >= 0.6 is 11.6 Å². The number of hydrogen-bond donors (Lipinski definition) is 1. The zero-order valence-electron chi connectivity index (χ0n) is 12.7. The van der Waals surface area contributed by atoms with Crippen molar-refractivity contribution in [2.75, 3.05) is 5.32 Å². The number of hydrogen-bond acceptors (Lipinski definition) is 1. The van der Waals surface area contributed by atoms with Gasteiger partial charge in [0.1, 0.15) is 0 Å². The van der Waals surface area contributed by atoms with Gasteiger partial charge in [-0.15, -0.1) is 0 Å². The molecule has 0 aromatic heterocycles. The smallest absolute Gasteiger partial charge is 0.0553 e. The number of benzene rings is 2. The highest BCUT2D eigenvalue weighted by atomic mass is 35.5. The molecular formula is C20H20ClN. The number of halogens is 1. The highest BCUT2D eigenvalue weighted by molar-refractivity contribution is 6.30. The van der Waals surface area contributed by atoms with Crippen LogP contribution in [0.1, 0.15) is 42.0 Å². The second-order valence-corrected chi connectivity index (χ2v) is 6.74. The van der Waals surface area contributed by atoms with Gasteiger partial charge in [0.25, 0.3) is 0 Å². The molecule has 0 fully saturated rings. The second-order valence-electron chi connectivity index (χ2n) is 6.30. The first kappa shape index (κ1) is 13.9. The molecule has 0 saturated heterocycles. The van der Waals surface area contributed by atoms with Gasteiger partial charge in [0.05, 0.1) is 6.04 Å². The van der Waals surface area contributed by atoms with Crippen molar-refractivity contribution in [1.29, 1.82) is 0 Å². The maximum absolute atomic E-state index is 6.04. The minimum Gasteiger partial charge on any atom is -0.378 e. The molecule has 2 aliphatic rings. The first-order valence-electron chi connectivity index (χ1n) is 8.07. The van der Waals surface area contributed by atoms with E-state index in [0.29, 0.717) is 17.9 Å². The van der Waals surface area contributed by atoms with Crippen molar-refractivity contribution < 1.29 is 0 Å². The first-order chi connectivity index (χ1) is 10.8. The number of aryl methyl sites for hydroxylation is 1. The van der Waals surface area contributed by atoms with Crippen LogP contribution in [0.25, 0.3) is 0 Å². The largest absolute Gasteiger partial charge is 0.378 e. The lowest BCUT2D eigenvalue weighted by molar-refractivity contribution is 0.425. The van der Waals surface area contributed by atoms with Crippen molar-refractivity contribution in [3.63, 3.8) is 0 Å². The number of allylic oxidation sites excluding steroid dienone is 2. The molecule has 0 radical (unpaired) electrons. The van der Waals surface area contributed by atoms with Crippen LogP contribution in [-0.4, -0.2) is 0 Å². The fraction of sp³-hybridized carbons (Fsp3) is 0.300. The quantitative estimate of drug-likeness (QED) is 0.699. The summed E-state index contributed by atoms with van der Waals surface area (Å²) >= 11 is 6.04. The molecular weight excluding hydrogens is 290 g/mol. The van der Waals surface area contributed by atoms with Crippen molar-refractivity contribution in [2.24, 2.45) is 5.92 Å². The molecule has 3 atom stereocenters. The Bertz CT molecular complexity index is 717. The van der Waals surface area contributed by atoms with E-state index < -0.39 is 0 Å². The van der Waals surface area contributed by atoms with Crippen LogP contribution < -0.4 is 5.32 Å². The Morgan fingerprint density at radius 1 is 1.14 bits per heavy atom. The third kappa shape index (κ3) is 2.24. The number of rotatable bonds is 2. The minimum atomic E-state index is 0.359. The minimum absolute atomic E-state index is 0.359. The summed E-state index contributed by atoms with van der Waals surface area (Å²) in [6.45, 7) is 2.22. The molecule has 0 amide bonds. The molecule has 0 spiro atoms. The van der Waals surface area contributed by atoms with E-state index in [4.69, 9.17) is 11.6 Å². The molecule has 0 bridgehead atoms. The van der Waals surface area contributed by atoms with Crippen LogP contribution in [0, 0.1) is 5.92 Å². The van der Waals surface area contributed by atoms with Gasteiger partial charge in [0.2, 0.25) is 0 Å². The Labute approximate surface area is 137 Å². The molecule has 1 nitrogen and oxygen atoms in total. The summed E-state index contributed by atoms with van der Waals surface area (Å²) in [5, 5.41) is 4.57. The third-order valence-corrected chi connectivity index (χ3v) is 5.32. The molecule has 1 N–H and O–H groups in total. The zero-order valence-corrected chi connectivity index (χ0v) is 13.5. The zero-order chi connectivity index (χ0) is 15.1. The van der Waals surface area contributed by atoms with Gasteiger partial charge in [-0.25, -0.2) is 0 Å². The van der Waals surface area contributed by atoms with E-state index in [1.165, 1.54) is 22.4 Å². The topological polar surface area (TPSA) is 12.0 Å². The van der Waals surface area contributed by atoms with E-state index in [2.05, 4.69) is 54.7 Å². The molecule has 1 aliphatic heterocycles. The van der Waals surface area contributed by atoms with Gasteiger partial charge < -0.3 is 5.32 Å². The van der Waals surface area contributed by atoms with Gasteiger partial charge in [-0.1, -0.05) is 54.9 Å². The molecule has 2 aromatic rings. The van der Waals surface area contributed by atoms with Crippen LogP contribution in [-0.2, 0) is 6.42 Å². The Kier molecular flexibility index (Phi) is 3.46. The van der Waals surface area contributed by atoms with Crippen molar-refractivity contribution in [2.45, 2.75) is 31.7 Å². The van der Waals surface area contributed by atoms with Gasteiger partial charge in [0, 0.05) is 16.6 Å². The monoisotopic (exact) mass is 309 g/mol. The molecule has 112 valence electrons. The number of fused-ring (bicyclic) bond motifs is 3. The average Bonchev–Trinajstić information content (AvgIpc) is 3.04. The molecule has 0 unspecified atom stereocenters. The highest BCUT2D eigenvalue weighted by Crippen LogP contribution is 2.49. The SMILES string of the molecule is CCc1ccc2c(c1)[C@@H]1C=CC[C@H]1[C@@H](c1ccc(Cl)cc1)N2. The fourth-order valence-corrected chi connectivity index (χ4v) is 3.99. The van der Waals surface area contributed by atoms with Crippen molar-refractivity contribution in [1.82, 2.24) is 0 Å². The Balaban J connectivity index is 1.76. The summed E-state index contributed by atoms with van der Waals surface area (Å²) < 4.78 is 0. The van der Waals surface area contributed by atoms with Crippen LogP contribution in [0.5, 0.6) is 0 Å². The van der Waals surface area contributed by atoms with Crippen molar-refractivity contribution in [3.05, 3.63) is 76.3 Å². The van der Waals surface area contributed by atoms with E-state index in [1.54, 1.807) is 0 Å². The highest BCUT2D eigenvalue weighted by Gasteiger charge is 2.37. The van der Waals surface area contributed by atoms with E-state index in [0.717, 1.165) is 17.9 Å². The van der Waals surface area contributed by atoms with E-state index in [9.17, 15) is 0 Å². The molecule has 4 rings (SSSR count). The molecule has 2 heteroatoms. The number of nitrogens with one attached hydrogen (secondary N) is 1. The van der Waals surface area contributed by atoms with Crippen LogP contribution in [0.3, 0.4) is 0 Å². The van der Waals surface area contributed by atoms with Crippen LogP contribution in [0.2, 0.25) is 5.02 Å². The summed E-state index contributed by atoms with van der Waals surface area (Å²) in [6.07, 6.45) is 6.97. The van der Waals surface area contributed by atoms with Crippen molar-refractivity contribution >= 4 is 17.3 Å². The normalized spacial score (nSPS) is 25.5. The van der Waals surface area contributed by atoms with E-state index >= 15 is 0 Å². The molecule has 1 aliphatic carbocycles. The molecule has 2 aromatic carbocycles. The summed E-state index contributed by atoms with van der Waals surface area (Å²) in [5.74, 6) is 1.13. The van der Waals surface area contributed by atoms with Gasteiger partial charge in [-0.2, -0.15) is 0 Å². The van der Waals surface area contributed by atoms with Gasteiger partial charge in [-0.05, 0) is 53.6 Å². The number of anilines is 1. The summed E-state index contributed by atoms with van der Waals surface area (Å²) in [4.78, 5) is 0. The molecule has 0 saturated carbocycles. The first-order valence-corrected chi connectivity index (χ1v) is 8.45. The summed E-state index contributed by atoms with van der Waals surface area (Å²) in [5.41, 5.74) is 5.49. The Morgan fingerprint density at radius 2 is 1.95 bits per heavy atom. The fourth-order valence-electron chi connectivity index (χ4n) is 3.86. The standard InChI is InChI=1S/C20H20ClN/c1-2-13-6-11-19-18(12-13)16-4-3-5-17(16)20(22-19)14-7-9-15(21)10-8-14/h3-4,6-12,16-17,20,22H,2,5H2,1H3/t16-,17-,20-/m1/s1. The van der Waals surface area contributed by atoms with Crippen LogP contribution in [0.15, 0.2) is 54.6 Å². The van der Waals surface area contributed by atoms with Gasteiger partial charge in [0.15, 0.2) is 0 Å². The Hall–Kier alpha value is -1.73. The van der Waals surface area contributed by atoms with Gasteiger partial charge >= 0.3 is 0 Å². The summed E-state index contributed by atoms with van der Waals surface area (Å²) in [7, 11) is 0. The van der Waals surface area contributed by atoms with Crippen LogP contribution in [0.4, 0.5) is 5.69 Å². The van der Waals surface area contributed by atoms with E-state index in [-0.39, 0.29) is 0 Å². The van der Waals surface area contributed by atoms with Gasteiger partial charge in [-0.3, -0.25) is 0 Å². The maximum atomic E-state index is 6.04. The lowest BCUT2D eigenvalue weighted by Crippen LogP contribution is -2.29. The van der Waals surface area contributed by atoms with Crippen molar-refractivity contribution in [3.8, 4) is 0 Å². The third-order valence-electron chi connectivity index (χ3n) is 5.06.